The van der Waals surface area contributed by atoms with Crippen LogP contribution in [0.25, 0.3) is 10.8 Å². The van der Waals surface area contributed by atoms with Crippen molar-refractivity contribution in [1.82, 2.24) is 24.4 Å². The second-order valence-electron chi connectivity index (χ2n) is 9.30. The van der Waals surface area contributed by atoms with Crippen LogP contribution in [0.5, 0.6) is 11.8 Å². The molecule has 1 saturated heterocycles. The lowest BCUT2D eigenvalue weighted by molar-refractivity contribution is 0.312. The van der Waals surface area contributed by atoms with Gasteiger partial charge in [-0.2, -0.15) is 0 Å². The van der Waals surface area contributed by atoms with Gasteiger partial charge in [-0.1, -0.05) is 47.6 Å². The third-order valence-corrected chi connectivity index (χ3v) is 8.31. The minimum atomic E-state index is -3.81. The molecule has 1 aliphatic rings. The summed E-state index contributed by atoms with van der Waals surface area (Å²) in [5.41, 5.74) is 1.10. The van der Waals surface area contributed by atoms with Crippen LogP contribution in [-0.2, 0) is 16.6 Å². The number of hydrogen-bond donors (Lipinski definition) is 1. The Morgan fingerprint density at radius 1 is 0.973 bits per heavy atom. The number of anilines is 1. The number of hydrogen-bond acceptors (Lipinski definition) is 7. The van der Waals surface area contributed by atoms with Crippen molar-refractivity contribution in [3.63, 3.8) is 0 Å². The number of aromatic nitrogens is 3. The first-order valence-corrected chi connectivity index (χ1v) is 14.0. The van der Waals surface area contributed by atoms with Crippen molar-refractivity contribution in [2.75, 3.05) is 38.1 Å². The second-order valence-corrected chi connectivity index (χ2v) is 11.0. The molecule has 1 aromatic heterocycles. The highest BCUT2D eigenvalue weighted by Gasteiger charge is 2.25. The van der Waals surface area contributed by atoms with E-state index in [1.807, 2.05) is 55.5 Å². The van der Waals surface area contributed by atoms with E-state index in [1.165, 1.54) is 0 Å². The lowest BCUT2D eigenvalue weighted by atomic mass is 10.1. The molecule has 0 spiro atoms. The van der Waals surface area contributed by atoms with Crippen LogP contribution in [0.15, 0.2) is 71.6 Å². The van der Waals surface area contributed by atoms with Gasteiger partial charge in [0.05, 0.1) is 10.9 Å². The fourth-order valence-electron chi connectivity index (χ4n) is 4.69. The van der Waals surface area contributed by atoms with Crippen molar-refractivity contribution in [3.05, 3.63) is 72.6 Å². The smallest absolute Gasteiger partial charge is 0.322 e. The normalized spacial score (nSPS) is 15.7. The molecule has 0 aliphatic carbocycles. The molecular weight excluding hydrogens is 488 g/mol. The summed E-state index contributed by atoms with van der Waals surface area (Å²) >= 11 is 0. The standard InChI is InChI=1S/C27H32N6O3S/c1-4-33-26(20(2)30-37(34,35)25-14-7-10-21-9-5-6-13-24(21)25)28-29-27(33)36-23-12-8-11-22(19-23)32-17-15-31(3)16-18-32/h5-14,19-20,30H,4,15-18H2,1-3H3/t20-/m1/s1. The van der Waals surface area contributed by atoms with Crippen LogP contribution in [0.1, 0.15) is 25.7 Å². The van der Waals surface area contributed by atoms with Gasteiger partial charge >= 0.3 is 6.01 Å². The minimum absolute atomic E-state index is 0.234. The van der Waals surface area contributed by atoms with Crippen LogP contribution >= 0.6 is 0 Å². The molecule has 2 heterocycles. The molecule has 0 saturated carbocycles. The monoisotopic (exact) mass is 520 g/mol. The Kier molecular flexibility index (Phi) is 7.14. The second kappa shape index (κ2) is 10.5. The SMILES string of the molecule is CCn1c(Oc2cccc(N3CCN(C)CC3)c2)nnc1[C@@H](C)NS(=O)(=O)c1cccc2ccccc12. The quantitative estimate of drug-likeness (QED) is 0.375. The molecule has 0 bridgehead atoms. The maximum absolute atomic E-state index is 13.3. The molecule has 9 nitrogen and oxygen atoms in total. The molecule has 4 aromatic rings. The van der Waals surface area contributed by atoms with Gasteiger partial charge in [-0.05, 0) is 44.5 Å². The van der Waals surface area contributed by atoms with Crippen LogP contribution in [0.3, 0.4) is 0 Å². The number of piperazine rings is 1. The Bertz CT molecular complexity index is 1490. The zero-order valence-corrected chi connectivity index (χ0v) is 22.1. The highest BCUT2D eigenvalue weighted by molar-refractivity contribution is 7.89. The molecule has 0 unspecified atom stereocenters. The van der Waals surface area contributed by atoms with Crippen molar-refractivity contribution >= 4 is 26.5 Å². The fraction of sp³-hybridized carbons (Fsp3) is 0.333. The van der Waals surface area contributed by atoms with Crippen molar-refractivity contribution in [1.29, 1.82) is 0 Å². The topological polar surface area (TPSA) is 92.6 Å². The van der Waals surface area contributed by atoms with Crippen molar-refractivity contribution in [2.24, 2.45) is 0 Å². The average Bonchev–Trinajstić information content (AvgIpc) is 3.31. The van der Waals surface area contributed by atoms with Crippen LogP contribution in [0, 0.1) is 0 Å². The van der Waals surface area contributed by atoms with Gasteiger partial charge in [0.1, 0.15) is 5.75 Å². The van der Waals surface area contributed by atoms with Gasteiger partial charge in [0, 0.05) is 49.9 Å². The number of nitrogens with one attached hydrogen (secondary N) is 1. The Balaban J connectivity index is 1.36. The van der Waals surface area contributed by atoms with E-state index in [-0.39, 0.29) is 4.90 Å². The summed E-state index contributed by atoms with van der Waals surface area (Å²) in [6.45, 7) is 8.20. The van der Waals surface area contributed by atoms with Gasteiger partial charge in [0.2, 0.25) is 10.0 Å². The molecule has 0 radical (unpaired) electrons. The number of rotatable bonds is 8. The van der Waals surface area contributed by atoms with Gasteiger partial charge in [-0.3, -0.25) is 4.57 Å². The maximum Gasteiger partial charge on any atom is 0.322 e. The third kappa shape index (κ3) is 5.31. The summed E-state index contributed by atoms with van der Waals surface area (Å²) in [5, 5.41) is 10.1. The zero-order chi connectivity index (χ0) is 26.0. The van der Waals surface area contributed by atoms with E-state index in [0.29, 0.717) is 29.5 Å². The summed E-state index contributed by atoms with van der Waals surface area (Å²) in [6.07, 6.45) is 0. The number of sulfonamides is 1. The highest BCUT2D eigenvalue weighted by atomic mass is 32.2. The molecule has 1 N–H and O–H groups in total. The summed E-state index contributed by atoms with van der Waals surface area (Å²) < 4.78 is 37.3. The molecule has 1 atom stereocenters. The number of likely N-dealkylation sites (N-methyl/N-ethyl adjacent to an activating group) is 1. The first-order chi connectivity index (χ1) is 17.9. The fourth-order valence-corrected chi connectivity index (χ4v) is 6.12. The van der Waals surface area contributed by atoms with Crippen molar-refractivity contribution < 1.29 is 13.2 Å². The summed E-state index contributed by atoms with van der Waals surface area (Å²) in [5.74, 6) is 1.14. The Labute approximate surface area is 217 Å². The molecule has 5 rings (SSSR count). The Hall–Kier alpha value is -3.47. The van der Waals surface area contributed by atoms with E-state index >= 15 is 0 Å². The summed E-state index contributed by atoms with van der Waals surface area (Å²) in [4.78, 5) is 4.89. The van der Waals surface area contributed by atoms with Crippen molar-refractivity contribution in [2.45, 2.75) is 31.3 Å². The van der Waals surface area contributed by atoms with Gasteiger partial charge < -0.3 is 14.5 Å². The molecule has 1 aliphatic heterocycles. The largest absolute Gasteiger partial charge is 0.424 e. The first kappa shape index (κ1) is 25.2. The van der Waals surface area contributed by atoms with Crippen LogP contribution in [0.2, 0.25) is 0 Å². The van der Waals surface area contributed by atoms with Crippen LogP contribution in [-0.4, -0.2) is 61.3 Å². The van der Waals surface area contributed by atoms with Crippen LogP contribution < -0.4 is 14.4 Å². The van der Waals surface area contributed by atoms with Gasteiger partial charge in [-0.15, -0.1) is 5.10 Å². The molecule has 3 aromatic carbocycles. The molecule has 0 amide bonds. The van der Waals surface area contributed by atoms with Crippen LogP contribution in [0.4, 0.5) is 5.69 Å². The minimum Gasteiger partial charge on any atom is -0.424 e. The van der Waals surface area contributed by atoms with E-state index in [0.717, 1.165) is 37.3 Å². The number of ether oxygens (including phenoxy) is 1. The van der Waals surface area contributed by atoms with Gasteiger partial charge in [-0.25, -0.2) is 13.1 Å². The Morgan fingerprint density at radius 3 is 2.49 bits per heavy atom. The first-order valence-electron chi connectivity index (χ1n) is 12.5. The van der Waals surface area contributed by atoms with E-state index < -0.39 is 16.1 Å². The zero-order valence-electron chi connectivity index (χ0n) is 21.3. The maximum atomic E-state index is 13.3. The predicted molar refractivity (Wildman–Crippen MR) is 145 cm³/mol. The molecule has 10 heteroatoms. The molecule has 37 heavy (non-hydrogen) atoms. The van der Waals surface area contributed by atoms with E-state index in [4.69, 9.17) is 4.74 Å². The average molecular weight is 521 g/mol. The lowest BCUT2D eigenvalue weighted by Crippen LogP contribution is -2.44. The Morgan fingerprint density at radius 2 is 1.70 bits per heavy atom. The van der Waals surface area contributed by atoms with E-state index in [2.05, 4.69) is 37.8 Å². The highest BCUT2D eigenvalue weighted by Crippen LogP contribution is 2.28. The molecule has 1 fully saturated rings. The lowest BCUT2D eigenvalue weighted by Gasteiger charge is -2.34. The predicted octanol–water partition coefficient (Wildman–Crippen LogP) is 4.03. The van der Waals surface area contributed by atoms with E-state index in [9.17, 15) is 8.42 Å². The van der Waals surface area contributed by atoms with Gasteiger partial charge in [0.15, 0.2) is 5.82 Å². The summed E-state index contributed by atoms with van der Waals surface area (Å²) in [6, 6.07) is 20.3. The van der Waals surface area contributed by atoms with E-state index in [1.54, 1.807) is 23.6 Å². The molecular formula is C27H32N6O3S. The molecule has 194 valence electrons. The van der Waals surface area contributed by atoms with Gasteiger partial charge in [0.25, 0.3) is 0 Å². The number of fused-ring (bicyclic) bond motifs is 1. The number of nitrogens with zero attached hydrogens (tertiary/aromatic N) is 5. The van der Waals surface area contributed by atoms with Crippen molar-refractivity contribution in [3.8, 4) is 11.8 Å². The summed E-state index contributed by atoms with van der Waals surface area (Å²) in [7, 11) is -1.68. The third-order valence-electron chi connectivity index (χ3n) is 6.72. The number of benzene rings is 3.